The van der Waals surface area contributed by atoms with Gasteiger partial charge in [0.1, 0.15) is 0 Å². The van der Waals surface area contributed by atoms with Crippen molar-refractivity contribution in [3.63, 3.8) is 0 Å². The lowest BCUT2D eigenvalue weighted by molar-refractivity contribution is -0.117. The van der Waals surface area contributed by atoms with Gasteiger partial charge in [-0.1, -0.05) is 18.7 Å². The standard InChI is InChI=1S/C11H14N2O2/c1-8(2)11(14)12-7-9-3-5-10(13-15)6-4-9/h3-6,13,15H,1,7H2,2H3,(H,12,14). The van der Waals surface area contributed by atoms with Crippen molar-refractivity contribution in [2.75, 3.05) is 5.48 Å². The third kappa shape index (κ3) is 3.44. The van der Waals surface area contributed by atoms with Gasteiger partial charge < -0.3 is 5.32 Å². The number of hydrogen-bond donors (Lipinski definition) is 3. The van der Waals surface area contributed by atoms with Gasteiger partial charge in [0.05, 0.1) is 5.69 Å². The Hall–Kier alpha value is -1.81. The quantitative estimate of drug-likeness (QED) is 0.519. The summed E-state index contributed by atoms with van der Waals surface area (Å²) in [4.78, 5) is 11.2. The Morgan fingerprint density at radius 1 is 1.40 bits per heavy atom. The van der Waals surface area contributed by atoms with Crippen molar-refractivity contribution in [1.82, 2.24) is 5.32 Å². The summed E-state index contributed by atoms with van der Waals surface area (Å²) in [5.74, 6) is -0.153. The predicted octanol–water partition coefficient (Wildman–Crippen LogP) is 1.68. The van der Waals surface area contributed by atoms with Gasteiger partial charge in [-0.25, -0.2) is 0 Å². The maximum Gasteiger partial charge on any atom is 0.246 e. The van der Waals surface area contributed by atoms with Crippen LogP contribution >= 0.6 is 0 Å². The normalized spacial score (nSPS) is 9.47. The summed E-state index contributed by atoms with van der Waals surface area (Å²) >= 11 is 0. The van der Waals surface area contributed by atoms with Crippen LogP contribution in [0.25, 0.3) is 0 Å². The molecule has 0 atom stereocenters. The topological polar surface area (TPSA) is 61.4 Å². The van der Waals surface area contributed by atoms with Crippen LogP contribution in [0.2, 0.25) is 0 Å². The van der Waals surface area contributed by atoms with Gasteiger partial charge in [-0.2, -0.15) is 0 Å². The first kappa shape index (κ1) is 11.3. The lowest BCUT2D eigenvalue weighted by Crippen LogP contribution is -2.22. The van der Waals surface area contributed by atoms with E-state index >= 15 is 0 Å². The molecule has 1 amide bonds. The molecule has 0 spiro atoms. The number of hydrogen-bond acceptors (Lipinski definition) is 3. The molecular formula is C11H14N2O2. The summed E-state index contributed by atoms with van der Waals surface area (Å²) in [6.45, 7) is 5.66. The molecule has 0 radical (unpaired) electrons. The molecule has 0 unspecified atom stereocenters. The molecule has 0 aliphatic rings. The molecule has 4 heteroatoms. The third-order valence-electron chi connectivity index (χ3n) is 1.92. The fourth-order valence-corrected chi connectivity index (χ4v) is 1.03. The van der Waals surface area contributed by atoms with Crippen LogP contribution in [0.15, 0.2) is 36.4 Å². The molecule has 1 aromatic rings. The maximum absolute atomic E-state index is 11.2. The number of carbonyl (C=O) groups is 1. The van der Waals surface area contributed by atoms with Crippen LogP contribution < -0.4 is 10.8 Å². The molecule has 0 saturated heterocycles. The van der Waals surface area contributed by atoms with Gasteiger partial charge in [-0.05, 0) is 24.6 Å². The largest absolute Gasteiger partial charge is 0.348 e. The highest BCUT2D eigenvalue weighted by Crippen LogP contribution is 2.08. The molecule has 4 nitrogen and oxygen atoms in total. The number of rotatable bonds is 4. The number of anilines is 1. The number of nitrogens with one attached hydrogen (secondary N) is 2. The number of amides is 1. The first-order valence-corrected chi connectivity index (χ1v) is 4.56. The minimum absolute atomic E-state index is 0.153. The van der Waals surface area contributed by atoms with Crippen molar-refractivity contribution in [1.29, 1.82) is 0 Å². The molecule has 15 heavy (non-hydrogen) atoms. The fourth-order valence-electron chi connectivity index (χ4n) is 1.03. The summed E-state index contributed by atoms with van der Waals surface area (Å²) in [5.41, 5.74) is 4.10. The van der Waals surface area contributed by atoms with Crippen molar-refractivity contribution in [2.45, 2.75) is 13.5 Å². The van der Waals surface area contributed by atoms with E-state index in [9.17, 15) is 4.79 Å². The van der Waals surface area contributed by atoms with E-state index in [1.54, 1.807) is 19.1 Å². The molecule has 1 aromatic carbocycles. The Morgan fingerprint density at radius 2 is 2.00 bits per heavy atom. The Bertz CT molecular complexity index is 357. The smallest absolute Gasteiger partial charge is 0.246 e. The monoisotopic (exact) mass is 206 g/mol. The second-order valence-electron chi connectivity index (χ2n) is 3.27. The molecule has 1 rings (SSSR count). The third-order valence-corrected chi connectivity index (χ3v) is 1.92. The predicted molar refractivity (Wildman–Crippen MR) is 58.5 cm³/mol. The highest BCUT2D eigenvalue weighted by atomic mass is 16.5. The van der Waals surface area contributed by atoms with Crippen molar-refractivity contribution in [3.05, 3.63) is 42.0 Å². The molecule has 3 N–H and O–H groups in total. The average molecular weight is 206 g/mol. The van der Waals surface area contributed by atoms with E-state index in [-0.39, 0.29) is 5.91 Å². The van der Waals surface area contributed by atoms with Gasteiger partial charge in [0.25, 0.3) is 0 Å². The maximum atomic E-state index is 11.2. The van der Waals surface area contributed by atoms with E-state index < -0.39 is 0 Å². The molecular weight excluding hydrogens is 192 g/mol. The van der Waals surface area contributed by atoms with E-state index in [4.69, 9.17) is 5.21 Å². The minimum atomic E-state index is -0.153. The van der Waals surface area contributed by atoms with E-state index in [0.717, 1.165) is 5.56 Å². The van der Waals surface area contributed by atoms with Crippen LogP contribution in [0.4, 0.5) is 5.69 Å². The van der Waals surface area contributed by atoms with Gasteiger partial charge >= 0.3 is 0 Å². The fraction of sp³-hybridized carbons (Fsp3) is 0.182. The molecule has 0 bridgehead atoms. The van der Waals surface area contributed by atoms with Gasteiger partial charge in [0, 0.05) is 12.1 Å². The minimum Gasteiger partial charge on any atom is -0.348 e. The highest BCUT2D eigenvalue weighted by molar-refractivity contribution is 5.91. The van der Waals surface area contributed by atoms with Crippen LogP contribution in [0.3, 0.4) is 0 Å². The van der Waals surface area contributed by atoms with Crippen molar-refractivity contribution >= 4 is 11.6 Å². The summed E-state index contributed by atoms with van der Waals surface area (Å²) < 4.78 is 0. The summed E-state index contributed by atoms with van der Waals surface area (Å²) in [7, 11) is 0. The zero-order chi connectivity index (χ0) is 11.3. The molecule has 80 valence electrons. The Balaban J connectivity index is 2.51. The Labute approximate surface area is 88.6 Å². The van der Waals surface area contributed by atoms with Crippen LogP contribution in [0, 0.1) is 0 Å². The van der Waals surface area contributed by atoms with Gasteiger partial charge in [0.15, 0.2) is 0 Å². The number of carbonyl (C=O) groups excluding carboxylic acids is 1. The molecule has 0 aliphatic heterocycles. The Kier molecular flexibility index (Phi) is 3.88. The molecule has 0 aromatic heterocycles. The summed E-state index contributed by atoms with van der Waals surface area (Å²) in [6.07, 6.45) is 0. The SMILES string of the molecule is C=C(C)C(=O)NCc1ccc(NO)cc1. The van der Waals surface area contributed by atoms with Crippen LogP contribution in [0.5, 0.6) is 0 Å². The van der Waals surface area contributed by atoms with E-state index in [1.807, 2.05) is 17.6 Å². The first-order chi connectivity index (χ1) is 7.13. The number of benzene rings is 1. The van der Waals surface area contributed by atoms with Crippen molar-refractivity contribution < 1.29 is 10.0 Å². The molecule has 0 fully saturated rings. The molecule has 0 aliphatic carbocycles. The van der Waals surface area contributed by atoms with Crippen LogP contribution in [-0.2, 0) is 11.3 Å². The first-order valence-electron chi connectivity index (χ1n) is 4.56. The summed E-state index contributed by atoms with van der Waals surface area (Å²) in [6, 6.07) is 7.08. The van der Waals surface area contributed by atoms with Crippen molar-refractivity contribution in [3.8, 4) is 0 Å². The van der Waals surface area contributed by atoms with Gasteiger partial charge in [-0.15, -0.1) is 0 Å². The molecule has 0 heterocycles. The van der Waals surface area contributed by atoms with Crippen LogP contribution in [-0.4, -0.2) is 11.1 Å². The van der Waals surface area contributed by atoms with Crippen molar-refractivity contribution in [2.24, 2.45) is 0 Å². The lowest BCUT2D eigenvalue weighted by Gasteiger charge is -2.05. The van der Waals surface area contributed by atoms with Gasteiger partial charge in [0.2, 0.25) is 5.91 Å². The zero-order valence-electron chi connectivity index (χ0n) is 8.58. The summed E-state index contributed by atoms with van der Waals surface area (Å²) in [5, 5.41) is 11.3. The van der Waals surface area contributed by atoms with E-state index in [2.05, 4.69) is 11.9 Å². The zero-order valence-corrected chi connectivity index (χ0v) is 8.58. The highest BCUT2D eigenvalue weighted by Gasteiger charge is 2.00. The average Bonchev–Trinajstić information content (AvgIpc) is 2.26. The second-order valence-corrected chi connectivity index (χ2v) is 3.27. The Morgan fingerprint density at radius 3 is 2.47 bits per heavy atom. The van der Waals surface area contributed by atoms with Gasteiger partial charge in [-0.3, -0.25) is 15.5 Å². The molecule has 0 saturated carbocycles. The van der Waals surface area contributed by atoms with Crippen LogP contribution in [0.1, 0.15) is 12.5 Å². The van der Waals surface area contributed by atoms with E-state index in [0.29, 0.717) is 17.8 Å². The second kappa shape index (κ2) is 5.17. The van der Waals surface area contributed by atoms with E-state index in [1.165, 1.54) is 0 Å². The lowest BCUT2D eigenvalue weighted by atomic mass is 10.2.